The summed E-state index contributed by atoms with van der Waals surface area (Å²) < 4.78 is 0. The van der Waals surface area contributed by atoms with Gasteiger partial charge in [-0.15, -0.1) is 0 Å². The van der Waals surface area contributed by atoms with Crippen LogP contribution in [0.1, 0.15) is 51.9 Å². The molecule has 3 fully saturated rings. The molecule has 1 aliphatic heterocycles. The molecule has 118 valence electrons. The molecule has 0 aromatic rings. The van der Waals surface area contributed by atoms with Gasteiger partial charge < -0.3 is 5.32 Å². The minimum Gasteiger partial charge on any atom is -0.335 e. The van der Waals surface area contributed by atoms with Crippen LogP contribution in [-0.2, 0) is 4.79 Å². The van der Waals surface area contributed by atoms with E-state index in [1.807, 2.05) is 6.92 Å². The summed E-state index contributed by atoms with van der Waals surface area (Å²) in [5.74, 6) is 1.45. The van der Waals surface area contributed by atoms with Crippen molar-refractivity contribution in [3.05, 3.63) is 0 Å². The lowest BCUT2D eigenvalue weighted by Gasteiger charge is -2.43. The fourth-order valence-electron chi connectivity index (χ4n) is 3.81. The predicted molar refractivity (Wildman–Crippen MR) is 80.8 cm³/mol. The minimum atomic E-state index is -0.332. The SMILES string of the molecule is CC(C(=O)NC(=O)NC1CC1)N1CCC2CCCCC2C1. The van der Waals surface area contributed by atoms with Gasteiger partial charge in [0, 0.05) is 12.6 Å². The van der Waals surface area contributed by atoms with Crippen LogP contribution in [-0.4, -0.2) is 42.0 Å². The third kappa shape index (κ3) is 3.76. The number of carbonyl (C=O) groups is 2. The highest BCUT2D eigenvalue weighted by Crippen LogP contribution is 2.36. The van der Waals surface area contributed by atoms with Gasteiger partial charge in [-0.3, -0.25) is 15.0 Å². The second-order valence-corrected chi connectivity index (χ2v) is 7.00. The third-order valence-electron chi connectivity index (χ3n) is 5.40. The normalized spacial score (nSPS) is 31.1. The summed E-state index contributed by atoms with van der Waals surface area (Å²) in [6.45, 7) is 3.92. The molecule has 3 aliphatic rings. The Morgan fingerprint density at radius 1 is 1.05 bits per heavy atom. The van der Waals surface area contributed by atoms with Gasteiger partial charge in [0.05, 0.1) is 6.04 Å². The quantitative estimate of drug-likeness (QED) is 0.835. The van der Waals surface area contributed by atoms with Crippen molar-refractivity contribution in [1.82, 2.24) is 15.5 Å². The van der Waals surface area contributed by atoms with Gasteiger partial charge in [0.1, 0.15) is 0 Å². The van der Waals surface area contributed by atoms with Gasteiger partial charge in [0.25, 0.3) is 0 Å². The maximum absolute atomic E-state index is 12.2. The van der Waals surface area contributed by atoms with Gasteiger partial charge in [-0.25, -0.2) is 4.79 Å². The largest absolute Gasteiger partial charge is 0.335 e. The molecular weight excluding hydrogens is 266 g/mol. The molecule has 2 N–H and O–H groups in total. The van der Waals surface area contributed by atoms with E-state index in [1.165, 1.54) is 32.1 Å². The van der Waals surface area contributed by atoms with Crippen molar-refractivity contribution in [1.29, 1.82) is 0 Å². The zero-order valence-corrected chi connectivity index (χ0v) is 12.9. The number of carbonyl (C=O) groups excluding carboxylic acids is 2. The highest BCUT2D eigenvalue weighted by molar-refractivity contribution is 5.97. The highest BCUT2D eigenvalue weighted by Gasteiger charge is 2.35. The molecule has 1 heterocycles. The monoisotopic (exact) mass is 293 g/mol. The maximum atomic E-state index is 12.2. The van der Waals surface area contributed by atoms with Crippen molar-refractivity contribution in [2.45, 2.75) is 64.0 Å². The molecule has 1 saturated heterocycles. The number of rotatable bonds is 3. The lowest BCUT2D eigenvalue weighted by atomic mass is 9.75. The number of likely N-dealkylation sites (tertiary alicyclic amines) is 1. The molecule has 21 heavy (non-hydrogen) atoms. The molecule has 0 aromatic carbocycles. The number of hydrogen-bond donors (Lipinski definition) is 2. The topological polar surface area (TPSA) is 61.4 Å². The van der Waals surface area contributed by atoms with E-state index in [-0.39, 0.29) is 24.0 Å². The van der Waals surface area contributed by atoms with Crippen LogP contribution >= 0.6 is 0 Å². The summed E-state index contributed by atoms with van der Waals surface area (Å²) in [7, 11) is 0. The fourth-order valence-corrected chi connectivity index (χ4v) is 3.81. The lowest BCUT2D eigenvalue weighted by molar-refractivity contribution is -0.126. The molecule has 0 spiro atoms. The molecule has 0 aromatic heterocycles. The Morgan fingerprint density at radius 3 is 2.48 bits per heavy atom. The first-order valence-electron chi connectivity index (χ1n) is 8.49. The number of nitrogens with zero attached hydrogens (tertiary/aromatic N) is 1. The number of urea groups is 1. The molecule has 3 amide bonds. The van der Waals surface area contributed by atoms with E-state index in [9.17, 15) is 9.59 Å². The van der Waals surface area contributed by atoms with Crippen LogP contribution < -0.4 is 10.6 Å². The van der Waals surface area contributed by atoms with Crippen LogP contribution in [0, 0.1) is 11.8 Å². The van der Waals surface area contributed by atoms with Crippen LogP contribution in [0.4, 0.5) is 4.79 Å². The molecular formula is C16H27N3O2. The van der Waals surface area contributed by atoms with E-state index >= 15 is 0 Å². The molecule has 3 atom stereocenters. The zero-order chi connectivity index (χ0) is 14.8. The molecule has 2 aliphatic carbocycles. The van der Waals surface area contributed by atoms with Crippen LogP contribution in [0.2, 0.25) is 0 Å². The standard InChI is InChI=1S/C16H27N3O2/c1-11(15(20)18-16(21)17-14-6-7-14)19-9-8-12-4-2-3-5-13(12)10-19/h11-14H,2-10H2,1H3,(H2,17,18,20,21). The van der Waals surface area contributed by atoms with Crippen LogP contribution in [0.25, 0.3) is 0 Å². The smallest absolute Gasteiger partial charge is 0.321 e. The van der Waals surface area contributed by atoms with Crippen molar-refractivity contribution in [3.63, 3.8) is 0 Å². The Bertz CT molecular complexity index is 408. The highest BCUT2D eigenvalue weighted by atomic mass is 16.2. The van der Waals surface area contributed by atoms with Crippen molar-refractivity contribution in [2.75, 3.05) is 13.1 Å². The summed E-state index contributed by atoms with van der Waals surface area (Å²) in [5.41, 5.74) is 0. The van der Waals surface area contributed by atoms with Crippen molar-refractivity contribution in [2.24, 2.45) is 11.8 Å². The summed E-state index contributed by atoms with van der Waals surface area (Å²) in [6.07, 6.45) is 8.65. The first kappa shape index (κ1) is 14.8. The Hall–Kier alpha value is -1.10. The van der Waals surface area contributed by atoms with Gasteiger partial charge in [0.2, 0.25) is 5.91 Å². The first-order valence-corrected chi connectivity index (χ1v) is 8.49. The Balaban J connectivity index is 1.48. The number of piperidine rings is 1. The van der Waals surface area contributed by atoms with Gasteiger partial charge in [-0.1, -0.05) is 19.3 Å². The average molecular weight is 293 g/mol. The van der Waals surface area contributed by atoms with E-state index < -0.39 is 0 Å². The number of hydrogen-bond acceptors (Lipinski definition) is 3. The number of imide groups is 1. The molecule has 5 heteroatoms. The minimum absolute atomic E-state index is 0.164. The van der Waals surface area contributed by atoms with Gasteiger partial charge >= 0.3 is 6.03 Å². The summed E-state index contributed by atoms with van der Waals surface area (Å²) >= 11 is 0. The molecule has 0 radical (unpaired) electrons. The third-order valence-corrected chi connectivity index (χ3v) is 5.40. The second-order valence-electron chi connectivity index (χ2n) is 7.00. The van der Waals surface area contributed by atoms with E-state index in [1.54, 1.807) is 0 Å². The zero-order valence-electron chi connectivity index (χ0n) is 12.9. The lowest BCUT2D eigenvalue weighted by Crippen LogP contribution is -2.53. The number of amides is 3. The van der Waals surface area contributed by atoms with Gasteiger partial charge in [-0.2, -0.15) is 0 Å². The van der Waals surface area contributed by atoms with E-state index in [4.69, 9.17) is 0 Å². The average Bonchev–Trinajstić information content (AvgIpc) is 3.29. The Morgan fingerprint density at radius 2 is 1.76 bits per heavy atom. The van der Waals surface area contributed by atoms with E-state index in [0.29, 0.717) is 0 Å². The van der Waals surface area contributed by atoms with Crippen molar-refractivity contribution in [3.8, 4) is 0 Å². The predicted octanol–water partition coefficient (Wildman–Crippen LogP) is 1.88. The van der Waals surface area contributed by atoms with Gasteiger partial charge in [0.15, 0.2) is 0 Å². The molecule has 3 unspecified atom stereocenters. The Kier molecular flexibility index (Phi) is 4.48. The van der Waals surface area contributed by atoms with Crippen LogP contribution in [0.5, 0.6) is 0 Å². The maximum Gasteiger partial charge on any atom is 0.321 e. The van der Waals surface area contributed by atoms with Crippen molar-refractivity contribution < 1.29 is 9.59 Å². The number of fused-ring (bicyclic) bond motifs is 1. The van der Waals surface area contributed by atoms with Crippen LogP contribution in [0.15, 0.2) is 0 Å². The fraction of sp³-hybridized carbons (Fsp3) is 0.875. The van der Waals surface area contributed by atoms with Crippen LogP contribution in [0.3, 0.4) is 0 Å². The summed E-state index contributed by atoms with van der Waals surface area (Å²) in [6, 6.07) is -0.258. The second kappa shape index (κ2) is 6.34. The Labute approximate surface area is 126 Å². The molecule has 0 bridgehead atoms. The van der Waals surface area contributed by atoms with E-state index in [0.717, 1.165) is 37.8 Å². The summed E-state index contributed by atoms with van der Waals surface area (Å²) in [5, 5.41) is 5.29. The summed E-state index contributed by atoms with van der Waals surface area (Å²) in [4.78, 5) is 26.1. The van der Waals surface area contributed by atoms with Gasteiger partial charge in [-0.05, 0) is 51.0 Å². The molecule has 5 nitrogen and oxygen atoms in total. The number of nitrogens with one attached hydrogen (secondary N) is 2. The molecule has 2 saturated carbocycles. The van der Waals surface area contributed by atoms with Crippen molar-refractivity contribution >= 4 is 11.9 Å². The van der Waals surface area contributed by atoms with E-state index in [2.05, 4.69) is 15.5 Å². The molecule has 3 rings (SSSR count). The first-order chi connectivity index (χ1) is 10.1.